The van der Waals surface area contributed by atoms with Crippen LogP contribution in [0, 0.1) is 6.92 Å². The standard InChI is InChI=1S/C23H15F3N4O3S/c1-13-3-2-4-16(11-13)30-21(31)19-17(9-10-34-19)29(22(30)32)12-18-27-20(28-33-18)14-5-7-15(8-6-14)23(24,25)26/h2-11H,12H2,1H3. The van der Waals surface area contributed by atoms with Gasteiger partial charge in [-0.3, -0.25) is 9.36 Å². The van der Waals surface area contributed by atoms with Crippen molar-refractivity contribution >= 4 is 21.6 Å². The van der Waals surface area contributed by atoms with Crippen molar-refractivity contribution in [1.82, 2.24) is 19.3 Å². The van der Waals surface area contributed by atoms with Gasteiger partial charge in [0.1, 0.15) is 11.2 Å². The minimum atomic E-state index is -4.45. The molecule has 34 heavy (non-hydrogen) atoms. The van der Waals surface area contributed by atoms with Gasteiger partial charge in [-0.05, 0) is 48.2 Å². The van der Waals surface area contributed by atoms with E-state index in [1.54, 1.807) is 29.6 Å². The molecule has 172 valence electrons. The second-order valence-corrected chi connectivity index (χ2v) is 8.49. The summed E-state index contributed by atoms with van der Waals surface area (Å²) in [6, 6.07) is 13.1. The average molecular weight is 484 g/mol. The van der Waals surface area contributed by atoms with E-state index in [9.17, 15) is 22.8 Å². The lowest BCUT2D eigenvalue weighted by molar-refractivity contribution is -0.137. The monoisotopic (exact) mass is 484 g/mol. The minimum absolute atomic E-state index is 0.0685. The summed E-state index contributed by atoms with van der Waals surface area (Å²) in [6.07, 6.45) is -4.45. The summed E-state index contributed by atoms with van der Waals surface area (Å²) >= 11 is 1.21. The third-order valence-corrected chi connectivity index (χ3v) is 6.14. The van der Waals surface area contributed by atoms with Crippen molar-refractivity contribution in [2.24, 2.45) is 0 Å². The van der Waals surface area contributed by atoms with E-state index in [2.05, 4.69) is 10.1 Å². The molecule has 0 radical (unpaired) electrons. The lowest BCUT2D eigenvalue weighted by Gasteiger charge is -2.11. The van der Waals surface area contributed by atoms with Gasteiger partial charge in [-0.1, -0.05) is 29.4 Å². The highest BCUT2D eigenvalue weighted by atomic mass is 32.1. The lowest BCUT2D eigenvalue weighted by Crippen LogP contribution is -2.38. The number of aromatic nitrogens is 4. The smallest absolute Gasteiger partial charge is 0.337 e. The first kappa shape index (κ1) is 21.8. The van der Waals surface area contributed by atoms with Crippen molar-refractivity contribution in [2.45, 2.75) is 19.6 Å². The molecule has 0 atom stereocenters. The molecular formula is C23H15F3N4O3S. The predicted octanol–water partition coefficient (Wildman–Crippen LogP) is 4.64. The first-order valence-electron chi connectivity index (χ1n) is 10.0. The van der Waals surface area contributed by atoms with E-state index < -0.39 is 23.0 Å². The molecule has 3 heterocycles. The summed E-state index contributed by atoms with van der Waals surface area (Å²) in [5, 5.41) is 5.55. The number of fused-ring (bicyclic) bond motifs is 1. The van der Waals surface area contributed by atoms with Crippen LogP contribution in [0.3, 0.4) is 0 Å². The van der Waals surface area contributed by atoms with Crippen LogP contribution in [0.15, 0.2) is 74.1 Å². The van der Waals surface area contributed by atoms with Crippen molar-refractivity contribution in [2.75, 3.05) is 0 Å². The normalized spacial score (nSPS) is 11.9. The highest BCUT2D eigenvalue weighted by Crippen LogP contribution is 2.30. The Kier molecular flexibility index (Phi) is 5.20. The Morgan fingerprint density at radius 3 is 2.53 bits per heavy atom. The summed E-state index contributed by atoms with van der Waals surface area (Å²) in [4.78, 5) is 30.6. The molecule has 0 saturated heterocycles. The van der Waals surface area contributed by atoms with Crippen LogP contribution in [0.1, 0.15) is 17.0 Å². The van der Waals surface area contributed by atoms with Crippen molar-refractivity contribution in [3.05, 3.63) is 97.8 Å². The molecular weight excluding hydrogens is 469 g/mol. The Balaban J connectivity index is 1.56. The zero-order chi connectivity index (χ0) is 24.0. The maximum atomic E-state index is 13.4. The van der Waals surface area contributed by atoms with Crippen molar-refractivity contribution in [1.29, 1.82) is 0 Å². The topological polar surface area (TPSA) is 82.9 Å². The zero-order valence-corrected chi connectivity index (χ0v) is 18.4. The molecule has 0 aliphatic carbocycles. The van der Waals surface area contributed by atoms with E-state index in [1.165, 1.54) is 28.0 Å². The molecule has 11 heteroatoms. The number of rotatable bonds is 4. The van der Waals surface area contributed by atoms with Crippen molar-refractivity contribution in [3.8, 4) is 17.1 Å². The lowest BCUT2D eigenvalue weighted by atomic mass is 10.1. The fourth-order valence-electron chi connectivity index (χ4n) is 3.61. The average Bonchev–Trinajstić information content (AvgIpc) is 3.46. The first-order valence-corrected chi connectivity index (χ1v) is 10.9. The van der Waals surface area contributed by atoms with Gasteiger partial charge in [0.2, 0.25) is 11.7 Å². The number of hydrogen-bond donors (Lipinski definition) is 0. The molecule has 3 aromatic heterocycles. The van der Waals surface area contributed by atoms with E-state index in [0.29, 0.717) is 21.5 Å². The maximum Gasteiger partial charge on any atom is 0.416 e. The molecule has 0 amide bonds. The van der Waals surface area contributed by atoms with E-state index in [4.69, 9.17) is 4.52 Å². The predicted molar refractivity (Wildman–Crippen MR) is 120 cm³/mol. The quantitative estimate of drug-likeness (QED) is 0.371. The van der Waals surface area contributed by atoms with Gasteiger partial charge < -0.3 is 4.52 Å². The Morgan fingerprint density at radius 2 is 1.82 bits per heavy atom. The molecule has 5 aromatic rings. The summed E-state index contributed by atoms with van der Waals surface area (Å²) in [6.45, 7) is 1.74. The molecule has 0 unspecified atom stereocenters. The van der Waals surface area contributed by atoms with E-state index in [1.807, 2.05) is 13.0 Å². The Morgan fingerprint density at radius 1 is 1.06 bits per heavy atom. The van der Waals surface area contributed by atoms with E-state index in [-0.39, 0.29) is 18.3 Å². The Bertz CT molecular complexity index is 1630. The molecule has 0 bridgehead atoms. The van der Waals surface area contributed by atoms with Crippen LogP contribution in [0.25, 0.3) is 27.3 Å². The molecule has 0 N–H and O–H groups in total. The largest absolute Gasteiger partial charge is 0.416 e. The fourth-order valence-corrected chi connectivity index (χ4v) is 4.44. The minimum Gasteiger partial charge on any atom is -0.337 e. The van der Waals surface area contributed by atoms with Crippen LogP contribution >= 0.6 is 11.3 Å². The SMILES string of the molecule is Cc1cccc(-n2c(=O)c3sccc3n(Cc3nc(-c4ccc(C(F)(F)F)cc4)no3)c2=O)c1. The van der Waals surface area contributed by atoms with Gasteiger partial charge in [0.25, 0.3) is 5.56 Å². The molecule has 0 aliphatic heterocycles. The van der Waals surface area contributed by atoms with Gasteiger partial charge in [-0.2, -0.15) is 18.2 Å². The molecule has 0 saturated carbocycles. The van der Waals surface area contributed by atoms with Crippen LogP contribution in [0.5, 0.6) is 0 Å². The van der Waals surface area contributed by atoms with Crippen LogP contribution in [0.2, 0.25) is 0 Å². The number of benzene rings is 2. The molecule has 7 nitrogen and oxygen atoms in total. The number of aryl methyl sites for hydroxylation is 1. The van der Waals surface area contributed by atoms with E-state index >= 15 is 0 Å². The highest BCUT2D eigenvalue weighted by Gasteiger charge is 2.30. The summed E-state index contributed by atoms with van der Waals surface area (Å²) in [7, 11) is 0. The van der Waals surface area contributed by atoms with Crippen molar-refractivity contribution in [3.63, 3.8) is 0 Å². The molecule has 0 spiro atoms. The van der Waals surface area contributed by atoms with Gasteiger partial charge in [0.05, 0.1) is 16.8 Å². The van der Waals surface area contributed by atoms with E-state index in [0.717, 1.165) is 22.3 Å². The van der Waals surface area contributed by atoms with Gasteiger partial charge in [-0.25, -0.2) is 9.36 Å². The molecule has 0 fully saturated rings. The second kappa shape index (κ2) is 8.10. The maximum absolute atomic E-state index is 13.4. The molecule has 5 rings (SSSR count). The first-order chi connectivity index (χ1) is 16.2. The van der Waals surface area contributed by atoms with Gasteiger partial charge in [0.15, 0.2) is 0 Å². The van der Waals surface area contributed by atoms with Crippen LogP contribution in [0.4, 0.5) is 13.2 Å². The van der Waals surface area contributed by atoms with Crippen LogP contribution < -0.4 is 11.2 Å². The number of halogens is 3. The number of alkyl halides is 3. The van der Waals surface area contributed by atoms with Crippen LogP contribution in [-0.2, 0) is 12.7 Å². The molecule has 0 aliphatic rings. The number of nitrogens with zero attached hydrogens (tertiary/aromatic N) is 4. The van der Waals surface area contributed by atoms with Crippen molar-refractivity contribution < 1.29 is 17.7 Å². The van der Waals surface area contributed by atoms with Gasteiger partial charge in [0, 0.05) is 5.56 Å². The highest BCUT2D eigenvalue weighted by molar-refractivity contribution is 7.17. The van der Waals surface area contributed by atoms with Gasteiger partial charge >= 0.3 is 11.9 Å². The number of hydrogen-bond acceptors (Lipinski definition) is 6. The molecule has 2 aromatic carbocycles. The van der Waals surface area contributed by atoms with Crippen LogP contribution in [-0.4, -0.2) is 19.3 Å². The summed E-state index contributed by atoms with van der Waals surface area (Å²) in [5.74, 6) is 0.157. The fraction of sp³-hybridized carbons (Fsp3) is 0.130. The summed E-state index contributed by atoms with van der Waals surface area (Å²) < 4.78 is 46.5. The number of thiophene rings is 1. The third kappa shape index (κ3) is 3.83. The Labute approximate surface area is 193 Å². The third-order valence-electron chi connectivity index (χ3n) is 5.25. The summed E-state index contributed by atoms with van der Waals surface area (Å²) in [5.41, 5.74) is 0.307. The van der Waals surface area contributed by atoms with Gasteiger partial charge in [-0.15, -0.1) is 11.3 Å². The Hall–Kier alpha value is -3.99. The second-order valence-electron chi connectivity index (χ2n) is 7.57. The zero-order valence-electron chi connectivity index (χ0n) is 17.5.